The highest BCUT2D eigenvalue weighted by Gasteiger charge is 2.72. The van der Waals surface area contributed by atoms with Crippen LogP contribution < -0.4 is 0 Å². The maximum Gasteiger partial charge on any atom is 0.302 e. The van der Waals surface area contributed by atoms with Gasteiger partial charge in [0.2, 0.25) is 0 Å². The number of fused-ring (bicyclic) bond motifs is 5. The van der Waals surface area contributed by atoms with Crippen LogP contribution in [0.2, 0.25) is 0 Å². The molecule has 0 N–H and O–H groups in total. The minimum atomic E-state index is -0.539. The van der Waals surface area contributed by atoms with E-state index in [1.807, 2.05) is 19.9 Å². The third-order valence-electron chi connectivity index (χ3n) is 10.5. The zero-order valence-electron chi connectivity index (χ0n) is 20.6. The zero-order valence-corrected chi connectivity index (χ0v) is 20.6. The van der Waals surface area contributed by atoms with Crippen LogP contribution in [-0.2, 0) is 19.1 Å². The number of hydrogen-bond acceptors (Lipinski definition) is 5. The minimum Gasteiger partial charge on any atom is -0.472 e. The summed E-state index contributed by atoms with van der Waals surface area (Å²) in [5, 5.41) is 0. The van der Waals surface area contributed by atoms with Crippen LogP contribution in [0.15, 0.2) is 35.2 Å². The van der Waals surface area contributed by atoms with Gasteiger partial charge in [-0.1, -0.05) is 40.7 Å². The Labute approximate surface area is 196 Å². The van der Waals surface area contributed by atoms with Gasteiger partial charge in [-0.05, 0) is 65.6 Å². The lowest BCUT2D eigenvalue weighted by molar-refractivity contribution is -0.221. The van der Waals surface area contributed by atoms with Gasteiger partial charge in [0, 0.05) is 30.1 Å². The molecule has 4 aliphatic rings. The van der Waals surface area contributed by atoms with Gasteiger partial charge >= 0.3 is 5.97 Å². The number of hydrogen-bond donors (Lipinski definition) is 0. The van der Waals surface area contributed by atoms with Crippen molar-refractivity contribution in [3.63, 3.8) is 0 Å². The van der Waals surface area contributed by atoms with Crippen molar-refractivity contribution < 1.29 is 23.5 Å². The first-order valence-corrected chi connectivity index (χ1v) is 12.3. The second-order valence-electron chi connectivity index (χ2n) is 12.3. The number of ketones is 2. The quantitative estimate of drug-likeness (QED) is 0.554. The van der Waals surface area contributed by atoms with E-state index < -0.39 is 16.9 Å². The summed E-state index contributed by atoms with van der Waals surface area (Å²) in [6.07, 6.45) is 9.91. The van der Waals surface area contributed by atoms with Crippen LogP contribution in [0, 0.1) is 39.4 Å². The Morgan fingerprint density at radius 1 is 1.12 bits per heavy atom. The number of carbonyl (C=O) groups is 3. The van der Waals surface area contributed by atoms with Crippen molar-refractivity contribution in [2.75, 3.05) is 0 Å². The smallest absolute Gasteiger partial charge is 0.302 e. The number of carbonyl (C=O) groups excluding carboxylic acids is 3. The summed E-state index contributed by atoms with van der Waals surface area (Å²) in [6.45, 7) is 12.2. The molecule has 0 radical (unpaired) electrons. The first-order chi connectivity index (χ1) is 15.4. The molecule has 0 spiro atoms. The van der Waals surface area contributed by atoms with Gasteiger partial charge in [0.15, 0.2) is 5.78 Å². The second kappa shape index (κ2) is 6.93. The van der Waals surface area contributed by atoms with Crippen molar-refractivity contribution in [3.8, 4) is 0 Å². The van der Waals surface area contributed by atoms with Crippen molar-refractivity contribution in [3.05, 3.63) is 36.3 Å². The van der Waals surface area contributed by atoms with Crippen LogP contribution in [0.5, 0.6) is 0 Å². The first-order valence-electron chi connectivity index (χ1n) is 12.3. The van der Waals surface area contributed by atoms with Gasteiger partial charge < -0.3 is 9.15 Å². The van der Waals surface area contributed by atoms with Crippen LogP contribution in [0.3, 0.4) is 0 Å². The maximum absolute atomic E-state index is 13.8. The van der Waals surface area contributed by atoms with Crippen molar-refractivity contribution in [2.45, 2.75) is 79.2 Å². The molecule has 5 nitrogen and oxygen atoms in total. The molecule has 0 amide bonds. The van der Waals surface area contributed by atoms with E-state index in [4.69, 9.17) is 9.15 Å². The van der Waals surface area contributed by atoms with Crippen LogP contribution in [0.4, 0.5) is 0 Å². The first kappa shape index (κ1) is 22.6. The lowest BCUT2D eigenvalue weighted by atomic mass is 9.37. The number of allylic oxidation sites excluding steroid dienone is 2. The highest BCUT2D eigenvalue weighted by Crippen LogP contribution is 2.73. The van der Waals surface area contributed by atoms with Gasteiger partial charge in [0.25, 0.3) is 0 Å². The van der Waals surface area contributed by atoms with Crippen LogP contribution in [-0.4, -0.2) is 23.6 Å². The zero-order chi connectivity index (χ0) is 24.0. The molecule has 0 aromatic carbocycles. The van der Waals surface area contributed by atoms with Crippen molar-refractivity contribution in [1.29, 1.82) is 0 Å². The molecule has 3 fully saturated rings. The highest BCUT2D eigenvalue weighted by molar-refractivity contribution is 5.96. The van der Waals surface area contributed by atoms with Crippen molar-refractivity contribution in [1.82, 2.24) is 0 Å². The Kier molecular flexibility index (Phi) is 4.75. The van der Waals surface area contributed by atoms with E-state index in [0.29, 0.717) is 12.8 Å². The average Bonchev–Trinajstić information content (AvgIpc) is 3.33. The average molecular weight is 453 g/mol. The molecule has 33 heavy (non-hydrogen) atoms. The SMILES string of the molecule is CC(=O)OC1CC2C(C)(C)C(=O)C=CC2(C)C2CCC3(C)C(c4ccoc4)CC(=O)C3C12C. The van der Waals surface area contributed by atoms with Gasteiger partial charge in [-0.2, -0.15) is 0 Å². The Hall–Kier alpha value is -2.17. The fourth-order valence-electron chi connectivity index (χ4n) is 9.11. The van der Waals surface area contributed by atoms with E-state index in [1.54, 1.807) is 18.6 Å². The lowest BCUT2D eigenvalue weighted by Crippen LogP contribution is -2.67. The Bertz CT molecular complexity index is 1030. The molecule has 0 aliphatic heterocycles. The molecule has 5 rings (SSSR count). The third-order valence-corrected chi connectivity index (χ3v) is 10.5. The number of furan rings is 1. The van der Waals surface area contributed by atoms with E-state index in [2.05, 4.69) is 26.8 Å². The van der Waals surface area contributed by atoms with Crippen molar-refractivity contribution in [2.24, 2.45) is 39.4 Å². The molecule has 8 unspecified atom stereocenters. The van der Waals surface area contributed by atoms with Crippen LogP contribution in [0.25, 0.3) is 0 Å². The number of Topliss-reactive ketones (excluding diaryl/α,β-unsaturated/α-hetero) is 1. The summed E-state index contributed by atoms with van der Waals surface area (Å²) in [5.41, 5.74) is -0.414. The summed E-state index contributed by atoms with van der Waals surface area (Å²) >= 11 is 0. The van der Waals surface area contributed by atoms with Crippen LogP contribution >= 0.6 is 0 Å². The molecular weight excluding hydrogens is 416 g/mol. The molecule has 178 valence electrons. The van der Waals surface area contributed by atoms with E-state index in [-0.39, 0.29) is 52.0 Å². The Morgan fingerprint density at radius 3 is 2.48 bits per heavy atom. The molecule has 1 aromatic heterocycles. The predicted molar refractivity (Wildman–Crippen MR) is 123 cm³/mol. The van der Waals surface area contributed by atoms with Gasteiger partial charge in [-0.25, -0.2) is 0 Å². The van der Waals surface area contributed by atoms with Gasteiger partial charge in [-0.3, -0.25) is 14.4 Å². The summed E-state index contributed by atoms with van der Waals surface area (Å²) in [4.78, 5) is 39.0. The predicted octanol–water partition coefficient (Wildman–Crippen LogP) is 5.50. The molecule has 8 atom stereocenters. The number of esters is 1. The van der Waals surface area contributed by atoms with E-state index in [1.165, 1.54) is 6.92 Å². The summed E-state index contributed by atoms with van der Waals surface area (Å²) in [7, 11) is 0. The topological polar surface area (TPSA) is 73.6 Å². The standard InChI is InChI=1S/C28H36O5/c1-16(29)33-23-14-21-25(2,3)22(31)8-11-27(21,5)20-7-10-26(4)18(17-9-12-32-15-17)13-19(30)24(26)28(20,23)6/h8-9,11-12,15,18,20-21,23-24H,7,10,13-14H2,1-6H3. The molecular formula is C28H36O5. The van der Waals surface area contributed by atoms with Gasteiger partial charge in [0.05, 0.1) is 12.5 Å². The van der Waals surface area contributed by atoms with Gasteiger partial charge in [-0.15, -0.1) is 0 Å². The minimum absolute atomic E-state index is 0.0513. The summed E-state index contributed by atoms with van der Waals surface area (Å²) < 4.78 is 11.5. The molecule has 0 saturated heterocycles. The lowest BCUT2D eigenvalue weighted by Gasteiger charge is -2.67. The second-order valence-corrected chi connectivity index (χ2v) is 12.3. The molecule has 3 saturated carbocycles. The summed E-state index contributed by atoms with van der Waals surface area (Å²) in [5.74, 6) is 0.174. The largest absolute Gasteiger partial charge is 0.472 e. The van der Waals surface area contributed by atoms with E-state index in [0.717, 1.165) is 18.4 Å². The molecule has 1 aromatic rings. The normalized spacial score (nSPS) is 45.8. The summed E-state index contributed by atoms with van der Waals surface area (Å²) in [6, 6.07) is 1.99. The molecule has 4 aliphatic carbocycles. The van der Waals surface area contributed by atoms with Crippen LogP contribution in [0.1, 0.15) is 78.7 Å². The highest BCUT2D eigenvalue weighted by atomic mass is 16.5. The van der Waals surface area contributed by atoms with E-state index >= 15 is 0 Å². The Morgan fingerprint density at radius 2 is 1.85 bits per heavy atom. The Balaban J connectivity index is 1.67. The third kappa shape index (κ3) is 2.80. The monoisotopic (exact) mass is 452 g/mol. The molecule has 5 heteroatoms. The molecule has 0 bridgehead atoms. The molecule has 1 heterocycles. The fourth-order valence-corrected chi connectivity index (χ4v) is 9.11. The number of ether oxygens (including phenoxy) is 1. The fraction of sp³-hybridized carbons (Fsp3) is 0.679. The van der Waals surface area contributed by atoms with E-state index in [9.17, 15) is 14.4 Å². The van der Waals surface area contributed by atoms with Crippen molar-refractivity contribution >= 4 is 17.5 Å². The maximum atomic E-state index is 13.8. The number of rotatable bonds is 2. The van der Waals surface area contributed by atoms with Gasteiger partial charge in [0.1, 0.15) is 11.9 Å².